The highest BCUT2D eigenvalue weighted by Gasteiger charge is 2.21. The van der Waals surface area contributed by atoms with Crippen molar-refractivity contribution in [3.63, 3.8) is 0 Å². The Morgan fingerprint density at radius 2 is 1.96 bits per heavy atom. The quantitative estimate of drug-likeness (QED) is 0.572. The maximum atomic E-state index is 4.93. The topological polar surface area (TPSA) is 52.6 Å². The molecule has 0 bridgehead atoms. The van der Waals surface area contributed by atoms with Gasteiger partial charge in [-0.05, 0) is 77.3 Å². The number of hydrogen-bond donors (Lipinski definition) is 2. The Morgan fingerprint density at radius 3 is 2.59 bits per heavy atom. The monoisotopic (exact) mass is 391 g/mol. The van der Waals surface area contributed by atoms with E-state index in [1.54, 1.807) is 11.3 Å². The molecular formula is C21H37N5S. The third-order valence-corrected chi connectivity index (χ3v) is 6.79. The molecule has 6 heteroatoms. The first-order valence-corrected chi connectivity index (χ1v) is 11.7. The van der Waals surface area contributed by atoms with Crippen LogP contribution in [-0.2, 0) is 6.54 Å². The average molecular weight is 392 g/mol. The fraction of sp³-hybridized carbons (Fsp3) is 0.810. The first kappa shape index (κ1) is 20.6. The van der Waals surface area contributed by atoms with E-state index >= 15 is 0 Å². The van der Waals surface area contributed by atoms with Crippen molar-refractivity contribution < 1.29 is 0 Å². The van der Waals surface area contributed by atoms with Gasteiger partial charge in [0.15, 0.2) is 5.96 Å². The lowest BCUT2D eigenvalue weighted by Gasteiger charge is -2.31. The molecule has 2 fully saturated rings. The number of nitrogens with one attached hydrogen (secondary N) is 2. The molecule has 27 heavy (non-hydrogen) atoms. The van der Waals surface area contributed by atoms with Crippen LogP contribution >= 0.6 is 11.3 Å². The molecule has 0 unspecified atom stereocenters. The Bertz CT molecular complexity index is 583. The highest BCUT2D eigenvalue weighted by molar-refractivity contribution is 7.09. The summed E-state index contributed by atoms with van der Waals surface area (Å²) in [5, 5.41) is 10.5. The lowest BCUT2D eigenvalue weighted by atomic mass is 9.87. The van der Waals surface area contributed by atoms with E-state index in [9.17, 15) is 0 Å². The zero-order chi connectivity index (χ0) is 19.1. The minimum Gasteiger partial charge on any atom is -0.357 e. The number of piperidine rings is 1. The molecule has 2 N–H and O–H groups in total. The van der Waals surface area contributed by atoms with Gasteiger partial charge >= 0.3 is 0 Å². The molecule has 0 radical (unpaired) electrons. The van der Waals surface area contributed by atoms with Gasteiger partial charge in [0.2, 0.25) is 0 Å². The number of aryl methyl sites for hydroxylation is 1. The maximum Gasteiger partial charge on any atom is 0.191 e. The fourth-order valence-corrected chi connectivity index (χ4v) is 4.78. The second kappa shape index (κ2) is 10.4. The average Bonchev–Trinajstić information content (AvgIpc) is 3.08. The van der Waals surface area contributed by atoms with Crippen molar-refractivity contribution in [2.24, 2.45) is 16.8 Å². The van der Waals surface area contributed by atoms with Gasteiger partial charge in [0, 0.05) is 31.1 Å². The molecule has 0 aromatic carbocycles. The molecule has 0 spiro atoms. The van der Waals surface area contributed by atoms with E-state index in [0.29, 0.717) is 12.0 Å². The van der Waals surface area contributed by atoms with Crippen LogP contribution < -0.4 is 10.6 Å². The molecule has 1 aromatic rings. The molecule has 1 aliphatic heterocycles. The number of aromatic nitrogens is 1. The SMILES string of the molecule is CCNC(=NCC1CCN(Cc2csc(C)n2)CC1)NC1CCC(C)CC1. The van der Waals surface area contributed by atoms with E-state index in [4.69, 9.17) is 4.99 Å². The van der Waals surface area contributed by atoms with Crippen molar-refractivity contribution >= 4 is 17.3 Å². The molecule has 152 valence electrons. The van der Waals surface area contributed by atoms with E-state index in [1.807, 2.05) is 0 Å². The summed E-state index contributed by atoms with van der Waals surface area (Å²) < 4.78 is 0. The van der Waals surface area contributed by atoms with Crippen LogP contribution in [-0.4, -0.2) is 48.1 Å². The minimum atomic E-state index is 0.599. The lowest BCUT2D eigenvalue weighted by Crippen LogP contribution is -2.45. The molecule has 1 aromatic heterocycles. The van der Waals surface area contributed by atoms with E-state index < -0.39 is 0 Å². The molecule has 5 nitrogen and oxygen atoms in total. The van der Waals surface area contributed by atoms with Crippen molar-refractivity contribution in [1.29, 1.82) is 0 Å². The Kier molecular flexibility index (Phi) is 7.94. The van der Waals surface area contributed by atoms with Crippen LogP contribution in [0.5, 0.6) is 0 Å². The molecule has 2 heterocycles. The van der Waals surface area contributed by atoms with Crippen LogP contribution in [0.4, 0.5) is 0 Å². The number of hydrogen-bond acceptors (Lipinski definition) is 4. The predicted molar refractivity (Wildman–Crippen MR) is 115 cm³/mol. The molecule has 0 amide bonds. The van der Waals surface area contributed by atoms with Crippen LogP contribution in [0.2, 0.25) is 0 Å². The van der Waals surface area contributed by atoms with Crippen molar-refractivity contribution in [2.75, 3.05) is 26.2 Å². The second-order valence-corrected chi connectivity index (χ2v) is 9.46. The van der Waals surface area contributed by atoms with Crippen molar-refractivity contribution in [3.05, 3.63) is 16.1 Å². The number of guanidine groups is 1. The molecule has 1 saturated carbocycles. The van der Waals surface area contributed by atoms with Gasteiger partial charge in [-0.15, -0.1) is 11.3 Å². The van der Waals surface area contributed by atoms with Crippen LogP contribution in [0.15, 0.2) is 10.4 Å². The summed E-state index contributed by atoms with van der Waals surface area (Å²) in [6.07, 6.45) is 7.72. The summed E-state index contributed by atoms with van der Waals surface area (Å²) in [4.78, 5) is 12.1. The fourth-order valence-electron chi connectivity index (χ4n) is 4.18. The zero-order valence-corrected chi connectivity index (χ0v) is 18.2. The molecule has 1 aliphatic carbocycles. The summed E-state index contributed by atoms with van der Waals surface area (Å²) in [5.74, 6) is 2.62. The van der Waals surface area contributed by atoms with Crippen LogP contribution in [0.1, 0.15) is 63.1 Å². The zero-order valence-electron chi connectivity index (χ0n) is 17.3. The van der Waals surface area contributed by atoms with Gasteiger partial charge in [-0.3, -0.25) is 9.89 Å². The number of aliphatic imine (C=N–C) groups is 1. The summed E-state index contributed by atoms with van der Waals surface area (Å²) >= 11 is 1.75. The number of likely N-dealkylation sites (tertiary alicyclic amines) is 1. The standard InChI is InChI=1S/C21H37N5S/c1-4-22-21(25-19-7-5-16(2)6-8-19)23-13-18-9-11-26(12-10-18)14-20-15-27-17(3)24-20/h15-16,18-19H,4-14H2,1-3H3,(H2,22,23,25). The third kappa shape index (κ3) is 6.75. The molecule has 1 saturated heterocycles. The van der Waals surface area contributed by atoms with Crippen molar-refractivity contribution in [1.82, 2.24) is 20.5 Å². The smallest absolute Gasteiger partial charge is 0.191 e. The van der Waals surface area contributed by atoms with Crippen molar-refractivity contribution in [3.8, 4) is 0 Å². The molecular weight excluding hydrogens is 354 g/mol. The predicted octanol–water partition coefficient (Wildman–Crippen LogP) is 3.80. The van der Waals surface area contributed by atoms with Gasteiger partial charge < -0.3 is 10.6 Å². The van der Waals surface area contributed by atoms with Crippen LogP contribution in [0, 0.1) is 18.8 Å². The number of thiazole rings is 1. The second-order valence-electron chi connectivity index (χ2n) is 8.40. The first-order valence-electron chi connectivity index (χ1n) is 10.8. The van der Waals surface area contributed by atoms with Crippen LogP contribution in [0.25, 0.3) is 0 Å². The Morgan fingerprint density at radius 1 is 1.22 bits per heavy atom. The Labute approximate surface area is 169 Å². The largest absolute Gasteiger partial charge is 0.357 e. The summed E-state index contributed by atoms with van der Waals surface area (Å²) in [6.45, 7) is 11.8. The van der Waals surface area contributed by atoms with Gasteiger partial charge in [-0.25, -0.2) is 4.98 Å². The summed E-state index contributed by atoms with van der Waals surface area (Å²) in [7, 11) is 0. The minimum absolute atomic E-state index is 0.599. The molecule has 0 atom stereocenters. The number of rotatable bonds is 6. The molecule has 2 aliphatic rings. The van der Waals surface area contributed by atoms with Gasteiger partial charge in [0.05, 0.1) is 10.7 Å². The molecule has 3 rings (SSSR count). The van der Waals surface area contributed by atoms with Gasteiger partial charge in [-0.1, -0.05) is 6.92 Å². The first-order chi connectivity index (χ1) is 13.1. The third-order valence-electron chi connectivity index (χ3n) is 5.97. The van der Waals surface area contributed by atoms with Gasteiger partial charge in [0.25, 0.3) is 0 Å². The highest BCUT2D eigenvalue weighted by Crippen LogP contribution is 2.23. The van der Waals surface area contributed by atoms with Gasteiger partial charge in [0.1, 0.15) is 0 Å². The summed E-state index contributed by atoms with van der Waals surface area (Å²) in [6, 6.07) is 0.599. The van der Waals surface area contributed by atoms with E-state index in [2.05, 4.69) is 46.7 Å². The van der Waals surface area contributed by atoms with E-state index in [1.165, 1.54) is 62.3 Å². The Balaban J connectivity index is 1.41. The highest BCUT2D eigenvalue weighted by atomic mass is 32.1. The van der Waals surface area contributed by atoms with Crippen molar-refractivity contribution in [2.45, 2.75) is 71.9 Å². The maximum absolute atomic E-state index is 4.93. The van der Waals surface area contributed by atoms with E-state index in [0.717, 1.165) is 31.5 Å². The van der Waals surface area contributed by atoms with Crippen LogP contribution in [0.3, 0.4) is 0 Å². The Hall–Kier alpha value is -1.14. The van der Waals surface area contributed by atoms with Gasteiger partial charge in [-0.2, -0.15) is 0 Å². The number of nitrogens with zero attached hydrogens (tertiary/aromatic N) is 3. The normalized spacial score (nSPS) is 25.5. The summed E-state index contributed by atoms with van der Waals surface area (Å²) in [5.41, 5.74) is 1.23. The lowest BCUT2D eigenvalue weighted by molar-refractivity contribution is 0.179. The van der Waals surface area contributed by atoms with E-state index in [-0.39, 0.29) is 0 Å².